The van der Waals surface area contributed by atoms with E-state index in [-0.39, 0.29) is 0 Å². The van der Waals surface area contributed by atoms with Crippen LogP contribution in [0.1, 0.15) is 38.5 Å². The number of nitrogens with two attached hydrogens (primary N) is 1. The Morgan fingerprint density at radius 3 is 2.61 bits per heavy atom. The Bertz CT molecular complexity index is 361. The van der Waals surface area contributed by atoms with Crippen LogP contribution >= 0.6 is 0 Å². The molecule has 7 heteroatoms. The Labute approximate surface area is 109 Å². The molecule has 0 heterocycles. The zero-order valence-corrected chi connectivity index (χ0v) is 11.8. The molecular weight excluding hydrogens is 252 g/mol. The summed E-state index contributed by atoms with van der Waals surface area (Å²) in [6.07, 6.45) is 7.94. The third-order valence-electron chi connectivity index (χ3n) is 2.94. The lowest BCUT2D eigenvalue weighted by atomic mass is 9.96. The van der Waals surface area contributed by atoms with Crippen molar-refractivity contribution in [3.63, 3.8) is 0 Å². The maximum atomic E-state index is 10.8. The minimum absolute atomic E-state index is 0.402. The maximum Gasteiger partial charge on any atom is 0.208 e. The van der Waals surface area contributed by atoms with Crippen molar-refractivity contribution in [1.29, 1.82) is 0 Å². The van der Waals surface area contributed by atoms with Crippen molar-refractivity contribution in [1.82, 2.24) is 10.0 Å². The van der Waals surface area contributed by atoms with Crippen LogP contribution in [0.3, 0.4) is 0 Å². The van der Waals surface area contributed by atoms with Gasteiger partial charge in [-0.3, -0.25) is 4.99 Å². The normalized spacial score (nSPS) is 18.8. The SMILES string of the molecule is CS(=O)(=O)NCCCN=C(N)NC1CCCCC1. The molecule has 0 spiro atoms. The van der Waals surface area contributed by atoms with E-state index in [1.165, 1.54) is 19.3 Å². The lowest BCUT2D eigenvalue weighted by Gasteiger charge is -2.23. The molecule has 6 nitrogen and oxygen atoms in total. The molecule has 0 amide bonds. The first-order valence-electron chi connectivity index (χ1n) is 6.48. The highest BCUT2D eigenvalue weighted by Gasteiger charge is 2.12. The van der Waals surface area contributed by atoms with Crippen LogP contribution in [-0.4, -0.2) is 39.8 Å². The standard InChI is InChI=1S/C11H24N4O2S/c1-18(16,17)14-9-5-8-13-11(12)15-10-6-3-2-4-7-10/h10,14H,2-9H2,1H3,(H3,12,13,15). The van der Waals surface area contributed by atoms with E-state index >= 15 is 0 Å². The van der Waals surface area contributed by atoms with E-state index in [4.69, 9.17) is 5.73 Å². The Balaban J connectivity index is 2.13. The summed E-state index contributed by atoms with van der Waals surface area (Å²) in [5, 5.41) is 3.22. The predicted molar refractivity (Wildman–Crippen MR) is 74.0 cm³/mol. The Hall–Kier alpha value is -0.820. The Morgan fingerprint density at radius 1 is 1.33 bits per heavy atom. The Morgan fingerprint density at radius 2 is 2.00 bits per heavy atom. The second-order valence-corrected chi connectivity index (χ2v) is 6.60. The van der Waals surface area contributed by atoms with Gasteiger partial charge in [0, 0.05) is 19.1 Å². The lowest BCUT2D eigenvalue weighted by Crippen LogP contribution is -2.41. The molecule has 0 aromatic rings. The second kappa shape index (κ2) is 7.58. The summed E-state index contributed by atoms with van der Waals surface area (Å²) in [5.74, 6) is 0.473. The maximum absolute atomic E-state index is 10.8. The van der Waals surface area contributed by atoms with Gasteiger partial charge in [-0.15, -0.1) is 0 Å². The third-order valence-corrected chi connectivity index (χ3v) is 3.67. The van der Waals surface area contributed by atoms with E-state index in [0.717, 1.165) is 19.1 Å². The number of sulfonamides is 1. The van der Waals surface area contributed by atoms with Gasteiger partial charge in [0.25, 0.3) is 0 Å². The number of nitrogens with one attached hydrogen (secondary N) is 2. The van der Waals surface area contributed by atoms with Crippen LogP contribution in [0.15, 0.2) is 4.99 Å². The van der Waals surface area contributed by atoms with Gasteiger partial charge in [0.05, 0.1) is 6.26 Å². The van der Waals surface area contributed by atoms with Gasteiger partial charge in [0.1, 0.15) is 0 Å². The Kier molecular flexibility index (Phi) is 6.42. The van der Waals surface area contributed by atoms with Crippen molar-refractivity contribution in [2.24, 2.45) is 10.7 Å². The molecule has 1 rings (SSSR count). The molecule has 0 aromatic carbocycles. The zero-order valence-electron chi connectivity index (χ0n) is 11.0. The molecule has 1 aliphatic carbocycles. The molecular formula is C11H24N4O2S. The largest absolute Gasteiger partial charge is 0.370 e. The van der Waals surface area contributed by atoms with Crippen LogP contribution in [0.2, 0.25) is 0 Å². The van der Waals surface area contributed by atoms with Crippen molar-refractivity contribution in [3.05, 3.63) is 0 Å². The van der Waals surface area contributed by atoms with Crippen LogP contribution < -0.4 is 15.8 Å². The van der Waals surface area contributed by atoms with Gasteiger partial charge < -0.3 is 11.1 Å². The van der Waals surface area contributed by atoms with E-state index in [2.05, 4.69) is 15.0 Å². The zero-order chi connectivity index (χ0) is 13.4. The summed E-state index contributed by atoms with van der Waals surface area (Å²) in [5.41, 5.74) is 5.77. The van der Waals surface area contributed by atoms with Crippen LogP contribution in [-0.2, 0) is 10.0 Å². The molecule has 0 bridgehead atoms. The molecule has 0 unspecified atom stereocenters. The molecule has 0 saturated heterocycles. The topological polar surface area (TPSA) is 96.6 Å². The molecule has 18 heavy (non-hydrogen) atoms. The van der Waals surface area contributed by atoms with Crippen LogP contribution in [0.25, 0.3) is 0 Å². The third kappa shape index (κ3) is 7.50. The van der Waals surface area contributed by atoms with Gasteiger partial charge in [-0.05, 0) is 19.3 Å². The molecule has 0 atom stereocenters. The minimum Gasteiger partial charge on any atom is -0.370 e. The summed E-state index contributed by atoms with van der Waals surface area (Å²) in [4.78, 5) is 4.19. The molecule has 1 aliphatic rings. The van der Waals surface area contributed by atoms with Crippen LogP contribution in [0.5, 0.6) is 0 Å². The van der Waals surface area contributed by atoms with Crippen molar-refractivity contribution in [2.75, 3.05) is 19.3 Å². The monoisotopic (exact) mass is 276 g/mol. The van der Waals surface area contributed by atoms with Crippen molar-refractivity contribution >= 4 is 16.0 Å². The number of aliphatic imine (C=N–C) groups is 1. The van der Waals surface area contributed by atoms with Crippen molar-refractivity contribution in [3.8, 4) is 0 Å². The summed E-state index contributed by atoms with van der Waals surface area (Å²) in [6.45, 7) is 0.938. The summed E-state index contributed by atoms with van der Waals surface area (Å²) in [6, 6.07) is 0.455. The number of hydrogen-bond donors (Lipinski definition) is 3. The van der Waals surface area contributed by atoms with E-state index in [0.29, 0.717) is 31.5 Å². The first kappa shape index (κ1) is 15.2. The number of guanidine groups is 1. The van der Waals surface area contributed by atoms with Crippen molar-refractivity contribution < 1.29 is 8.42 Å². The fourth-order valence-corrected chi connectivity index (χ4v) is 2.55. The highest BCUT2D eigenvalue weighted by Crippen LogP contribution is 2.16. The molecule has 0 aromatic heterocycles. The lowest BCUT2D eigenvalue weighted by molar-refractivity contribution is 0.412. The summed E-state index contributed by atoms with van der Waals surface area (Å²) in [7, 11) is -3.09. The van der Waals surface area contributed by atoms with E-state index in [9.17, 15) is 8.42 Å². The molecule has 0 aliphatic heterocycles. The summed E-state index contributed by atoms with van der Waals surface area (Å²) >= 11 is 0. The van der Waals surface area contributed by atoms with E-state index in [1.807, 2.05) is 0 Å². The quantitative estimate of drug-likeness (QED) is 0.366. The highest BCUT2D eigenvalue weighted by atomic mass is 32.2. The smallest absolute Gasteiger partial charge is 0.208 e. The second-order valence-electron chi connectivity index (χ2n) is 4.77. The number of rotatable bonds is 6. The molecule has 1 saturated carbocycles. The van der Waals surface area contributed by atoms with Gasteiger partial charge in [0.15, 0.2) is 5.96 Å². The van der Waals surface area contributed by atoms with Gasteiger partial charge in [-0.1, -0.05) is 19.3 Å². The van der Waals surface area contributed by atoms with Crippen LogP contribution in [0.4, 0.5) is 0 Å². The first-order valence-corrected chi connectivity index (χ1v) is 8.37. The fourth-order valence-electron chi connectivity index (χ4n) is 2.04. The molecule has 0 radical (unpaired) electrons. The van der Waals surface area contributed by atoms with Gasteiger partial charge >= 0.3 is 0 Å². The van der Waals surface area contributed by atoms with Crippen molar-refractivity contribution in [2.45, 2.75) is 44.6 Å². The van der Waals surface area contributed by atoms with E-state index in [1.54, 1.807) is 0 Å². The highest BCUT2D eigenvalue weighted by molar-refractivity contribution is 7.88. The minimum atomic E-state index is -3.09. The fraction of sp³-hybridized carbons (Fsp3) is 0.909. The molecule has 106 valence electrons. The average molecular weight is 276 g/mol. The predicted octanol–water partition coefficient (Wildman–Crippen LogP) is 0.163. The number of nitrogens with zero attached hydrogens (tertiary/aromatic N) is 1. The average Bonchev–Trinajstić information content (AvgIpc) is 2.28. The van der Waals surface area contributed by atoms with Gasteiger partial charge in [-0.25, -0.2) is 13.1 Å². The first-order chi connectivity index (χ1) is 8.47. The van der Waals surface area contributed by atoms with Gasteiger partial charge in [0.2, 0.25) is 10.0 Å². The van der Waals surface area contributed by atoms with Gasteiger partial charge in [-0.2, -0.15) is 0 Å². The molecule has 1 fully saturated rings. The molecule has 4 N–H and O–H groups in total. The van der Waals surface area contributed by atoms with E-state index < -0.39 is 10.0 Å². The number of hydrogen-bond acceptors (Lipinski definition) is 3. The summed E-state index contributed by atoms with van der Waals surface area (Å²) < 4.78 is 24.0. The van der Waals surface area contributed by atoms with Crippen LogP contribution in [0, 0.1) is 0 Å².